The fourth-order valence-electron chi connectivity index (χ4n) is 4.03. The van der Waals surface area contributed by atoms with Crippen LogP contribution in [-0.2, 0) is 9.53 Å². The SMILES string of the molecule is O=C([C@@H]1CCC(F)(F)C[C@H]1c1ccsc1)N1CCC2(CC1)CO2. The maximum atomic E-state index is 13.9. The van der Waals surface area contributed by atoms with Gasteiger partial charge in [0.2, 0.25) is 11.8 Å². The van der Waals surface area contributed by atoms with Crippen molar-refractivity contribution >= 4 is 17.2 Å². The molecule has 0 aromatic carbocycles. The number of carbonyl (C=O) groups excluding carboxylic acids is 1. The smallest absolute Gasteiger partial charge is 0.248 e. The van der Waals surface area contributed by atoms with Gasteiger partial charge in [0, 0.05) is 37.8 Å². The van der Waals surface area contributed by atoms with Gasteiger partial charge in [0.15, 0.2) is 0 Å². The Morgan fingerprint density at radius 1 is 1.30 bits per heavy atom. The predicted molar refractivity (Wildman–Crippen MR) is 83.8 cm³/mol. The first-order valence-corrected chi connectivity index (χ1v) is 9.25. The summed E-state index contributed by atoms with van der Waals surface area (Å²) in [6.07, 6.45) is 1.66. The van der Waals surface area contributed by atoms with Crippen molar-refractivity contribution in [2.24, 2.45) is 5.92 Å². The van der Waals surface area contributed by atoms with E-state index in [2.05, 4.69) is 0 Å². The second-order valence-electron chi connectivity index (χ2n) is 7.17. The standard InChI is InChI=1S/C17H21F2NO2S/c18-17(19)3-1-13(14(9-17)12-2-8-23-10-12)15(21)20-6-4-16(5-7-20)11-22-16/h2,8,10,13-14H,1,3-7,9,11H2/t13-,14+/m1/s1. The quantitative estimate of drug-likeness (QED) is 0.769. The van der Waals surface area contributed by atoms with Crippen LogP contribution in [0.25, 0.3) is 0 Å². The summed E-state index contributed by atoms with van der Waals surface area (Å²) >= 11 is 1.50. The maximum absolute atomic E-state index is 13.9. The number of hydrogen-bond donors (Lipinski definition) is 0. The second kappa shape index (κ2) is 5.52. The van der Waals surface area contributed by atoms with E-state index in [-0.39, 0.29) is 42.6 Å². The molecule has 3 nitrogen and oxygen atoms in total. The Hall–Kier alpha value is -1.01. The molecule has 2 aliphatic heterocycles. The molecule has 1 spiro atoms. The molecule has 1 aromatic heterocycles. The highest BCUT2D eigenvalue weighted by Gasteiger charge is 2.50. The molecule has 1 saturated carbocycles. The van der Waals surface area contributed by atoms with Gasteiger partial charge in [-0.15, -0.1) is 0 Å². The first-order chi connectivity index (χ1) is 11.0. The lowest BCUT2D eigenvalue weighted by Gasteiger charge is -2.39. The Labute approximate surface area is 138 Å². The Morgan fingerprint density at radius 3 is 2.65 bits per heavy atom. The van der Waals surface area contributed by atoms with Crippen molar-refractivity contribution in [2.75, 3.05) is 19.7 Å². The molecule has 2 atom stereocenters. The van der Waals surface area contributed by atoms with E-state index in [1.165, 1.54) is 11.3 Å². The number of rotatable bonds is 2. The molecular formula is C17H21F2NO2S. The molecular weight excluding hydrogens is 320 g/mol. The molecule has 2 saturated heterocycles. The molecule has 4 rings (SSSR count). The summed E-state index contributed by atoms with van der Waals surface area (Å²) in [6.45, 7) is 2.20. The number of nitrogens with zero attached hydrogens (tertiary/aromatic N) is 1. The molecule has 1 amide bonds. The first kappa shape index (κ1) is 15.5. The number of thiophene rings is 1. The van der Waals surface area contributed by atoms with Crippen molar-refractivity contribution in [3.05, 3.63) is 22.4 Å². The number of ether oxygens (including phenoxy) is 1. The minimum absolute atomic E-state index is 0.0309. The van der Waals surface area contributed by atoms with Crippen molar-refractivity contribution in [1.82, 2.24) is 4.90 Å². The van der Waals surface area contributed by atoms with E-state index >= 15 is 0 Å². The van der Waals surface area contributed by atoms with Gasteiger partial charge in [-0.25, -0.2) is 8.78 Å². The van der Waals surface area contributed by atoms with Crippen LogP contribution >= 0.6 is 11.3 Å². The summed E-state index contributed by atoms with van der Waals surface area (Å²) in [4.78, 5) is 14.8. The van der Waals surface area contributed by atoms with Crippen molar-refractivity contribution < 1.29 is 18.3 Å². The van der Waals surface area contributed by atoms with Crippen LogP contribution < -0.4 is 0 Å². The highest BCUT2D eigenvalue weighted by Crippen LogP contribution is 2.47. The van der Waals surface area contributed by atoms with E-state index < -0.39 is 5.92 Å². The summed E-state index contributed by atoms with van der Waals surface area (Å²) in [5, 5.41) is 3.81. The third-order valence-corrected chi connectivity index (χ3v) is 6.35. The fraction of sp³-hybridized carbons (Fsp3) is 0.706. The molecule has 3 heterocycles. The highest BCUT2D eigenvalue weighted by atomic mass is 32.1. The van der Waals surface area contributed by atoms with Crippen LogP contribution in [0.2, 0.25) is 0 Å². The number of amides is 1. The van der Waals surface area contributed by atoms with Gasteiger partial charge in [-0.05, 0) is 41.7 Å². The van der Waals surface area contributed by atoms with Gasteiger partial charge in [-0.3, -0.25) is 4.79 Å². The minimum Gasteiger partial charge on any atom is -0.369 e. The van der Waals surface area contributed by atoms with E-state index in [1.54, 1.807) is 0 Å². The molecule has 6 heteroatoms. The zero-order chi connectivity index (χ0) is 16.1. The average molecular weight is 341 g/mol. The van der Waals surface area contributed by atoms with Crippen molar-refractivity contribution in [2.45, 2.75) is 49.5 Å². The highest BCUT2D eigenvalue weighted by molar-refractivity contribution is 7.08. The van der Waals surface area contributed by atoms with Crippen LogP contribution in [0.1, 0.15) is 43.6 Å². The van der Waals surface area contributed by atoms with Crippen LogP contribution in [0.15, 0.2) is 16.8 Å². The molecule has 0 N–H and O–H groups in total. The number of carbonyl (C=O) groups is 1. The van der Waals surface area contributed by atoms with Crippen molar-refractivity contribution in [3.63, 3.8) is 0 Å². The molecule has 3 fully saturated rings. The third kappa shape index (κ3) is 3.03. The van der Waals surface area contributed by atoms with E-state index in [9.17, 15) is 13.6 Å². The van der Waals surface area contributed by atoms with Gasteiger partial charge in [0.1, 0.15) is 0 Å². The van der Waals surface area contributed by atoms with Crippen LogP contribution in [0.4, 0.5) is 8.78 Å². The Bertz CT molecular complexity index is 575. The van der Waals surface area contributed by atoms with Crippen LogP contribution in [0, 0.1) is 5.92 Å². The second-order valence-corrected chi connectivity index (χ2v) is 7.95. The summed E-state index contributed by atoms with van der Waals surface area (Å²) in [5.41, 5.74) is 0.926. The lowest BCUT2D eigenvalue weighted by Crippen LogP contribution is -2.47. The Balaban J connectivity index is 1.50. The van der Waals surface area contributed by atoms with Crippen LogP contribution in [0.3, 0.4) is 0 Å². The molecule has 23 heavy (non-hydrogen) atoms. The lowest BCUT2D eigenvalue weighted by molar-refractivity contribution is -0.142. The third-order valence-electron chi connectivity index (χ3n) is 5.65. The van der Waals surface area contributed by atoms with E-state index in [0.29, 0.717) is 13.1 Å². The van der Waals surface area contributed by atoms with Crippen LogP contribution in [-0.4, -0.2) is 42.0 Å². The number of piperidine rings is 1. The molecule has 0 unspecified atom stereocenters. The molecule has 1 aromatic rings. The molecule has 1 aliphatic carbocycles. The molecule has 126 valence electrons. The van der Waals surface area contributed by atoms with Crippen molar-refractivity contribution in [3.8, 4) is 0 Å². The van der Waals surface area contributed by atoms with E-state index in [1.807, 2.05) is 21.7 Å². The van der Waals surface area contributed by atoms with Gasteiger partial charge in [-0.1, -0.05) is 0 Å². The monoisotopic (exact) mass is 341 g/mol. The Morgan fingerprint density at radius 2 is 2.04 bits per heavy atom. The lowest BCUT2D eigenvalue weighted by atomic mass is 9.73. The summed E-state index contributed by atoms with van der Waals surface area (Å²) in [6, 6.07) is 1.89. The van der Waals surface area contributed by atoms with Gasteiger partial charge < -0.3 is 9.64 Å². The van der Waals surface area contributed by atoms with Crippen molar-refractivity contribution in [1.29, 1.82) is 0 Å². The zero-order valence-electron chi connectivity index (χ0n) is 13.0. The van der Waals surface area contributed by atoms with Crippen LogP contribution in [0.5, 0.6) is 0 Å². The zero-order valence-corrected chi connectivity index (χ0v) is 13.8. The number of hydrogen-bond acceptors (Lipinski definition) is 3. The predicted octanol–water partition coefficient (Wildman–Crippen LogP) is 3.66. The topological polar surface area (TPSA) is 32.8 Å². The summed E-state index contributed by atoms with van der Waals surface area (Å²) in [5.74, 6) is -3.26. The first-order valence-electron chi connectivity index (χ1n) is 8.31. The number of epoxide rings is 1. The Kier molecular flexibility index (Phi) is 3.72. The minimum atomic E-state index is -2.66. The normalized spacial score (nSPS) is 32.0. The van der Waals surface area contributed by atoms with E-state index in [4.69, 9.17) is 4.74 Å². The number of alkyl halides is 2. The number of likely N-dealkylation sites (tertiary alicyclic amines) is 1. The average Bonchev–Trinajstić information content (AvgIpc) is 3.07. The summed E-state index contributed by atoms with van der Waals surface area (Å²) < 4.78 is 33.3. The van der Waals surface area contributed by atoms with Gasteiger partial charge in [-0.2, -0.15) is 11.3 Å². The van der Waals surface area contributed by atoms with Gasteiger partial charge >= 0.3 is 0 Å². The number of halogens is 2. The fourth-order valence-corrected chi connectivity index (χ4v) is 4.75. The van der Waals surface area contributed by atoms with E-state index in [0.717, 1.165) is 25.0 Å². The largest absolute Gasteiger partial charge is 0.369 e. The summed E-state index contributed by atoms with van der Waals surface area (Å²) in [7, 11) is 0. The van der Waals surface area contributed by atoms with Gasteiger partial charge in [0.25, 0.3) is 0 Å². The molecule has 3 aliphatic rings. The molecule has 0 radical (unpaired) electrons. The maximum Gasteiger partial charge on any atom is 0.248 e. The van der Waals surface area contributed by atoms with Gasteiger partial charge in [0.05, 0.1) is 12.2 Å². The molecule has 0 bridgehead atoms.